The average Bonchev–Trinajstić information content (AvgIpc) is 3.32. The molecule has 1 fully saturated rings. The van der Waals surface area contributed by atoms with Crippen LogP contribution in [0.2, 0.25) is 0 Å². The maximum atomic E-state index is 13.9. The Morgan fingerprint density at radius 1 is 1.05 bits per heavy atom. The van der Waals surface area contributed by atoms with Gasteiger partial charge in [-0.1, -0.05) is 30.2 Å². The number of anilines is 1. The minimum Gasteiger partial charge on any atom is -0.340 e. The van der Waals surface area contributed by atoms with Crippen LogP contribution in [0.5, 0.6) is 0 Å². The molecule has 184 valence electrons. The fourth-order valence-electron chi connectivity index (χ4n) is 4.87. The zero-order valence-corrected chi connectivity index (χ0v) is 20.6. The Kier molecular flexibility index (Phi) is 6.23. The Hall–Kier alpha value is -4.85. The monoisotopic (exact) mass is 492 g/mol. The van der Waals surface area contributed by atoms with E-state index < -0.39 is 11.2 Å². The van der Waals surface area contributed by atoms with Gasteiger partial charge in [-0.15, -0.1) is 5.92 Å². The molecule has 0 amide bonds. The first-order valence-corrected chi connectivity index (χ1v) is 11.9. The first kappa shape index (κ1) is 23.9. The van der Waals surface area contributed by atoms with Crippen molar-refractivity contribution in [2.45, 2.75) is 20.0 Å². The molecule has 1 aliphatic heterocycles. The number of aromatic nitrogens is 4. The molecule has 1 saturated heterocycles. The summed E-state index contributed by atoms with van der Waals surface area (Å²) < 4.78 is 4.23. The number of fused-ring (bicyclic) bond motifs is 2. The standard InChI is InChI=1S/C27H24N8O2/c1-3-4-11-34-23-24(31-26(34)33-12-9-30-10-13-33)32(2)27(37)35(25(23)36)17-19-14-18(15-28)20-7-5-6-8-21(20)22(19)16-29/h5-8,14,30H,9-13,17H2,1-2H3. The molecule has 0 spiro atoms. The Bertz CT molecular complexity index is 1810. The normalized spacial score (nSPS) is 13.2. The number of imidazole rings is 1. The first-order valence-electron chi connectivity index (χ1n) is 11.9. The van der Waals surface area contributed by atoms with Crippen molar-refractivity contribution in [1.29, 1.82) is 10.5 Å². The smallest absolute Gasteiger partial charge is 0.332 e. The Balaban J connectivity index is 1.75. The maximum Gasteiger partial charge on any atom is 0.332 e. The molecule has 5 rings (SSSR count). The third-order valence-electron chi connectivity index (χ3n) is 6.71. The van der Waals surface area contributed by atoms with Crippen LogP contribution in [0.3, 0.4) is 0 Å². The lowest BCUT2D eigenvalue weighted by Gasteiger charge is -2.28. The van der Waals surface area contributed by atoms with Crippen molar-refractivity contribution in [3.05, 3.63) is 67.9 Å². The molecule has 3 heterocycles. The molecule has 1 aliphatic rings. The highest BCUT2D eigenvalue weighted by Gasteiger charge is 2.25. The second-order valence-corrected chi connectivity index (χ2v) is 8.79. The van der Waals surface area contributed by atoms with Gasteiger partial charge in [-0.25, -0.2) is 4.79 Å². The molecular formula is C27H24N8O2. The van der Waals surface area contributed by atoms with Gasteiger partial charge in [-0.3, -0.25) is 18.5 Å². The molecule has 0 unspecified atom stereocenters. The van der Waals surface area contributed by atoms with Crippen LogP contribution in [0, 0.1) is 34.5 Å². The zero-order chi connectivity index (χ0) is 26.1. The van der Waals surface area contributed by atoms with E-state index in [2.05, 4.69) is 34.2 Å². The molecule has 10 heteroatoms. The first-order chi connectivity index (χ1) is 18.0. The van der Waals surface area contributed by atoms with Crippen LogP contribution in [0.4, 0.5) is 5.95 Å². The third-order valence-corrected chi connectivity index (χ3v) is 6.71. The van der Waals surface area contributed by atoms with E-state index in [1.807, 2.05) is 0 Å². The van der Waals surface area contributed by atoms with Crippen molar-refractivity contribution in [3.63, 3.8) is 0 Å². The predicted octanol–water partition coefficient (Wildman–Crippen LogP) is 1.27. The number of nitriles is 2. The van der Waals surface area contributed by atoms with E-state index in [1.54, 1.807) is 48.9 Å². The lowest BCUT2D eigenvalue weighted by atomic mass is 9.95. The molecule has 4 aromatic rings. The molecule has 2 aromatic heterocycles. The number of benzene rings is 2. The van der Waals surface area contributed by atoms with E-state index in [1.165, 1.54) is 4.57 Å². The van der Waals surface area contributed by atoms with Gasteiger partial charge in [-0.05, 0) is 18.6 Å². The van der Waals surface area contributed by atoms with Crippen LogP contribution >= 0.6 is 0 Å². The molecule has 2 aromatic carbocycles. The van der Waals surface area contributed by atoms with Gasteiger partial charge in [0, 0.05) is 44.0 Å². The summed E-state index contributed by atoms with van der Waals surface area (Å²) in [7, 11) is 1.58. The Morgan fingerprint density at radius 3 is 2.46 bits per heavy atom. The number of rotatable bonds is 4. The molecule has 0 atom stereocenters. The maximum absolute atomic E-state index is 13.9. The second-order valence-electron chi connectivity index (χ2n) is 8.79. The van der Waals surface area contributed by atoms with Gasteiger partial charge >= 0.3 is 5.69 Å². The molecule has 10 nitrogen and oxygen atoms in total. The number of aryl methyl sites for hydroxylation is 1. The van der Waals surface area contributed by atoms with Gasteiger partial charge in [0.1, 0.15) is 6.07 Å². The molecule has 0 bridgehead atoms. The fourth-order valence-corrected chi connectivity index (χ4v) is 4.87. The number of piperazine rings is 1. The largest absolute Gasteiger partial charge is 0.340 e. The van der Waals surface area contributed by atoms with Crippen molar-refractivity contribution in [1.82, 2.24) is 24.0 Å². The summed E-state index contributed by atoms with van der Waals surface area (Å²) in [5.74, 6) is 6.49. The van der Waals surface area contributed by atoms with Crippen molar-refractivity contribution in [3.8, 4) is 24.0 Å². The number of nitrogens with zero attached hydrogens (tertiary/aromatic N) is 7. The van der Waals surface area contributed by atoms with Crippen LogP contribution in [0.25, 0.3) is 21.9 Å². The highest BCUT2D eigenvalue weighted by atomic mass is 16.2. The van der Waals surface area contributed by atoms with Gasteiger partial charge in [0.15, 0.2) is 11.2 Å². The van der Waals surface area contributed by atoms with Gasteiger partial charge < -0.3 is 10.2 Å². The van der Waals surface area contributed by atoms with E-state index in [4.69, 9.17) is 4.98 Å². The van der Waals surface area contributed by atoms with E-state index >= 15 is 0 Å². The second kappa shape index (κ2) is 9.66. The Morgan fingerprint density at radius 2 is 1.78 bits per heavy atom. The lowest BCUT2D eigenvalue weighted by molar-refractivity contribution is 0.572. The quantitative estimate of drug-likeness (QED) is 0.426. The van der Waals surface area contributed by atoms with E-state index in [9.17, 15) is 20.1 Å². The van der Waals surface area contributed by atoms with Gasteiger partial charge in [0.2, 0.25) is 5.95 Å². The lowest BCUT2D eigenvalue weighted by Crippen LogP contribution is -2.44. The van der Waals surface area contributed by atoms with E-state index in [-0.39, 0.29) is 24.3 Å². The SMILES string of the molecule is CC#CCn1c(N2CCNCC2)nc2c1c(=O)n(Cc1cc(C#N)c3ccccc3c1C#N)c(=O)n2C. The predicted molar refractivity (Wildman–Crippen MR) is 140 cm³/mol. The van der Waals surface area contributed by atoms with Crippen molar-refractivity contribution >= 4 is 27.9 Å². The number of hydrogen-bond donors (Lipinski definition) is 1. The average molecular weight is 493 g/mol. The minimum absolute atomic E-state index is 0.155. The fraction of sp³-hybridized carbons (Fsp3) is 0.296. The molecule has 0 saturated carbocycles. The number of hydrogen-bond acceptors (Lipinski definition) is 7. The molecular weight excluding hydrogens is 468 g/mol. The van der Waals surface area contributed by atoms with Gasteiger partial charge in [0.05, 0.1) is 30.3 Å². The zero-order valence-electron chi connectivity index (χ0n) is 20.6. The highest BCUT2D eigenvalue weighted by molar-refractivity contribution is 5.93. The van der Waals surface area contributed by atoms with Crippen LogP contribution in [0.1, 0.15) is 23.6 Å². The van der Waals surface area contributed by atoms with Crippen LogP contribution in [0.15, 0.2) is 39.9 Å². The highest BCUT2D eigenvalue weighted by Crippen LogP contribution is 2.26. The minimum atomic E-state index is -0.550. The summed E-state index contributed by atoms with van der Waals surface area (Å²) in [6.45, 7) is 4.82. The van der Waals surface area contributed by atoms with Gasteiger partial charge in [-0.2, -0.15) is 15.5 Å². The molecule has 37 heavy (non-hydrogen) atoms. The van der Waals surface area contributed by atoms with Crippen molar-refractivity contribution < 1.29 is 0 Å². The summed E-state index contributed by atoms with van der Waals surface area (Å²) in [6.07, 6.45) is 0. The van der Waals surface area contributed by atoms with Crippen LogP contribution in [-0.4, -0.2) is 44.9 Å². The summed E-state index contributed by atoms with van der Waals surface area (Å²) in [5, 5.41) is 24.3. The van der Waals surface area contributed by atoms with Crippen LogP contribution < -0.4 is 21.5 Å². The molecule has 1 N–H and O–H groups in total. The van der Waals surface area contributed by atoms with E-state index in [0.717, 1.165) is 17.7 Å². The summed E-state index contributed by atoms with van der Waals surface area (Å²) >= 11 is 0. The van der Waals surface area contributed by atoms with Crippen LogP contribution in [-0.2, 0) is 20.1 Å². The van der Waals surface area contributed by atoms with Crippen molar-refractivity contribution in [2.24, 2.45) is 7.05 Å². The van der Waals surface area contributed by atoms with Gasteiger partial charge in [0.25, 0.3) is 5.56 Å². The molecule has 0 aliphatic carbocycles. The van der Waals surface area contributed by atoms with E-state index in [0.29, 0.717) is 46.5 Å². The number of nitrogens with one attached hydrogen (secondary N) is 1. The summed E-state index contributed by atoms with van der Waals surface area (Å²) in [6, 6.07) is 13.1. The Labute approximate surface area is 212 Å². The topological polar surface area (TPSA) is 125 Å². The molecule has 0 radical (unpaired) electrons. The third kappa shape index (κ3) is 3.92. The summed E-state index contributed by atoms with van der Waals surface area (Å²) in [4.78, 5) is 34.1. The summed E-state index contributed by atoms with van der Waals surface area (Å²) in [5.41, 5.74) is 0.632. The van der Waals surface area contributed by atoms with Crippen molar-refractivity contribution in [2.75, 3.05) is 31.1 Å².